The van der Waals surface area contributed by atoms with Crippen molar-refractivity contribution in [3.8, 4) is 0 Å². The summed E-state index contributed by atoms with van der Waals surface area (Å²) in [4.78, 5) is 42.2. The van der Waals surface area contributed by atoms with Crippen LogP contribution in [0.2, 0.25) is 0 Å². The summed E-state index contributed by atoms with van der Waals surface area (Å²) in [7, 11) is 0. The summed E-state index contributed by atoms with van der Waals surface area (Å²) < 4.78 is 5.42. The van der Waals surface area contributed by atoms with Gasteiger partial charge in [0.25, 0.3) is 0 Å². The van der Waals surface area contributed by atoms with Crippen LogP contribution in [0.3, 0.4) is 0 Å². The molecule has 1 spiro atoms. The van der Waals surface area contributed by atoms with Gasteiger partial charge in [-0.05, 0) is 49.7 Å². The van der Waals surface area contributed by atoms with Crippen LogP contribution in [0.4, 0.5) is 4.79 Å². The number of likely N-dealkylation sites (tertiary alicyclic amines) is 1. The van der Waals surface area contributed by atoms with Gasteiger partial charge in [0.05, 0.1) is 12.0 Å². The van der Waals surface area contributed by atoms with Crippen LogP contribution in [-0.4, -0.2) is 64.7 Å². The lowest BCUT2D eigenvalue weighted by Gasteiger charge is -2.44. The SMILES string of the molecule is CC(C)OC(=O)N1CC2(CC2)CC(C(=O)NO)C1C(=O)N1CC=C(c2ccccc2)C1. The molecule has 2 heterocycles. The monoisotopic (exact) mass is 427 g/mol. The Bertz CT molecular complexity index is 894. The zero-order valence-corrected chi connectivity index (χ0v) is 17.9. The first kappa shape index (κ1) is 21.4. The van der Waals surface area contributed by atoms with Gasteiger partial charge in [-0.25, -0.2) is 10.3 Å². The van der Waals surface area contributed by atoms with E-state index in [0.29, 0.717) is 26.1 Å². The van der Waals surface area contributed by atoms with Crippen LogP contribution >= 0.6 is 0 Å². The molecule has 3 aliphatic rings. The fourth-order valence-electron chi connectivity index (χ4n) is 4.70. The quantitative estimate of drug-likeness (QED) is 0.568. The molecular weight excluding hydrogens is 398 g/mol. The highest BCUT2D eigenvalue weighted by Crippen LogP contribution is 2.55. The van der Waals surface area contributed by atoms with Crippen molar-refractivity contribution >= 4 is 23.5 Å². The van der Waals surface area contributed by atoms with Gasteiger partial charge in [0, 0.05) is 19.6 Å². The Morgan fingerprint density at radius 1 is 1.19 bits per heavy atom. The Labute approximate surface area is 181 Å². The summed E-state index contributed by atoms with van der Waals surface area (Å²) in [6.45, 7) is 4.70. The van der Waals surface area contributed by atoms with Crippen molar-refractivity contribution in [2.45, 2.75) is 45.3 Å². The minimum absolute atomic E-state index is 0.178. The van der Waals surface area contributed by atoms with Gasteiger partial charge in [0.15, 0.2) is 0 Å². The summed E-state index contributed by atoms with van der Waals surface area (Å²) >= 11 is 0. The van der Waals surface area contributed by atoms with E-state index in [2.05, 4.69) is 0 Å². The second kappa shape index (κ2) is 8.34. The highest BCUT2D eigenvalue weighted by Gasteiger charge is 2.57. The van der Waals surface area contributed by atoms with Gasteiger partial charge >= 0.3 is 6.09 Å². The summed E-state index contributed by atoms with van der Waals surface area (Å²) in [6, 6.07) is 8.81. The van der Waals surface area contributed by atoms with Crippen LogP contribution in [0, 0.1) is 11.3 Å². The average molecular weight is 428 g/mol. The summed E-state index contributed by atoms with van der Waals surface area (Å²) in [5.74, 6) is -1.76. The molecule has 4 rings (SSSR count). The number of piperidine rings is 1. The number of hydrogen-bond acceptors (Lipinski definition) is 5. The lowest BCUT2D eigenvalue weighted by atomic mass is 9.80. The van der Waals surface area contributed by atoms with Crippen molar-refractivity contribution in [3.63, 3.8) is 0 Å². The zero-order valence-electron chi connectivity index (χ0n) is 17.9. The van der Waals surface area contributed by atoms with Gasteiger partial charge in [-0.3, -0.25) is 19.7 Å². The van der Waals surface area contributed by atoms with E-state index in [-0.39, 0.29) is 17.4 Å². The highest BCUT2D eigenvalue weighted by molar-refractivity contribution is 5.94. The highest BCUT2D eigenvalue weighted by atomic mass is 16.6. The molecule has 2 unspecified atom stereocenters. The van der Waals surface area contributed by atoms with Crippen LogP contribution in [0.15, 0.2) is 36.4 Å². The molecule has 3 amide bonds. The van der Waals surface area contributed by atoms with Crippen LogP contribution in [0.5, 0.6) is 0 Å². The van der Waals surface area contributed by atoms with Crippen LogP contribution < -0.4 is 5.48 Å². The lowest BCUT2D eigenvalue weighted by molar-refractivity contribution is -0.149. The fourth-order valence-corrected chi connectivity index (χ4v) is 4.70. The third-order valence-corrected chi connectivity index (χ3v) is 6.48. The number of rotatable bonds is 4. The van der Waals surface area contributed by atoms with E-state index in [1.54, 1.807) is 24.2 Å². The molecule has 2 N–H and O–H groups in total. The molecule has 0 radical (unpaired) electrons. The maximum Gasteiger partial charge on any atom is 0.410 e. The first-order valence-corrected chi connectivity index (χ1v) is 10.8. The normalized spacial score (nSPS) is 24.2. The van der Waals surface area contributed by atoms with Crippen LogP contribution in [0.1, 0.15) is 38.7 Å². The van der Waals surface area contributed by atoms with Gasteiger partial charge in [-0.2, -0.15) is 0 Å². The number of carbonyl (C=O) groups excluding carboxylic acids is 3. The van der Waals surface area contributed by atoms with Gasteiger partial charge in [0.1, 0.15) is 6.04 Å². The van der Waals surface area contributed by atoms with E-state index >= 15 is 0 Å². The summed E-state index contributed by atoms with van der Waals surface area (Å²) in [6.07, 6.45) is 3.30. The molecule has 31 heavy (non-hydrogen) atoms. The molecule has 166 valence electrons. The molecule has 1 saturated heterocycles. The fraction of sp³-hybridized carbons (Fsp3) is 0.522. The van der Waals surface area contributed by atoms with Gasteiger partial charge in [-0.1, -0.05) is 36.4 Å². The molecule has 0 bridgehead atoms. The summed E-state index contributed by atoms with van der Waals surface area (Å²) in [5.41, 5.74) is 3.60. The molecule has 1 aliphatic carbocycles. The molecule has 1 aromatic carbocycles. The average Bonchev–Trinajstić information content (AvgIpc) is 3.32. The second-order valence-electron chi connectivity index (χ2n) is 9.11. The molecule has 2 fully saturated rings. The molecule has 8 heteroatoms. The number of hydroxylamine groups is 1. The number of carbonyl (C=O) groups is 3. The van der Waals surface area contributed by atoms with E-state index < -0.39 is 24.0 Å². The molecule has 2 aliphatic heterocycles. The van der Waals surface area contributed by atoms with E-state index in [9.17, 15) is 19.6 Å². The van der Waals surface area contributed by atoms with E-state index in [0.717, 1.165) is 24.0 Å². The van der Waals surface area contributed by atoms with Crippen LogP contribution in [-0.2, 0) is 14.3 Å². The van der Waals surface area contributed by atoms with E-state index in [4.69, 9.17) is 4.74 Å². The Balaban J connectivity index is 1.59. The van der Waals surface area contributed by atoms with Crippen molar-refractivity contribution < 1.29 is 24.3 Å². The third-order valence-electron chi connectivity index (χ3n) is 6.48. The zero-order chi connectivity index (χ0) is 22.2. The molecule has 2 atom stereocenters. The van der Waals surface area contributed by atoms with Gasteiger partial charge in [-0.15, -0.1) is 0 Å². The number of amides is 3. The number of nitrogens with zero attached hydrogens (tertiary/aromatic N) is 2. The number of ether oxygens (including phenoxy) is 1. The maximum atomic E-state index is 13.6. The van der Waals surface area contributed by atoms with Crippen molar-refractivity contribution in [3.05, 3.63) is 42.0 Å². The smallest absolute Gasteiger partial charge is 0.410 e. The summed E-state index contributed by atoms with van der Waals surface area (Å²) in [5, 5.41) is 9.33. The first-order chi connectivity index (χ1) is 14.8. The van der Waals surface area contributed by atoms with Crippen molar-refractivity contribution in [2.24, 2.45) is 11.3 Å². The Kier molecular flexibility index (Phi) is 5.75. The van der Waals surface area contributed by atoms with E-state index in [1.807, 2.05) is 36.4 Å². The number of nitrogens with one attached hydrogen (secondary N) is 1. The predicted molar refractivity (Wildman–Crippen MR) is 113 cm³/mol. The first-order valence-electron chi connectivity index (χ1n) is 10.8. The molecule has 1 aromatic rings. The molecule has 8 nitrogen and oxygen atoms in total. The largest absolute Gasteiger partial charge is 0.447 e. The van der Waals surface area contributed by atoms with Crippen molar-refractivity contribution in [1.82, 2.24) is 15.3 Å². The minimum atomic E-state index is -1.01. The Hall–Kier alpha value is -2.87. The second-order valence-corrected chi connectivity index (χ2v) is 9.11. The molecular formula is C23H29N3O5. The van der Waals surface area contributed by atoms with Crippen LogP contribution in [0.25, 0.3) is 5.57 Å². The minimum Gasteiger partial charge on any atom is -0.447 e. The number of hydrogen-bond donors (Lipinski definition) is 2. The van der Waals surface area contributed by atoms with Gasteiger partial charge < -0.3 is 9.64 Å². The van der Waals surface area contributed by atoms with Crippen molar-refractivity contribution in [2.75, 3.05) is 19.6 Å². The number of benzene rings is 1. The van der Waals surface area contributed by atoms with E-state index in [1.165, 1.54) is 4.90 Å². The standard InChI is InChI=1S/C23H29N3O5/c1-15(2)31-22(29)26-14-23(9-10-23)12-18(20(27)24-30)19(26)21(28)25-11-8-17(13-25)16-6-4-3-5-7-16/h3-8,15,18-19,30H,9-14H2,1-2H3,(H,24,27). The Morgan fingerprint density at radius 2 is 1.90 bits per heavy atom. The molecule has 0 aromatic heterocycles. The lowest BCUT2D eigenvalue weighted by Crippen LogP contribution is -2.62. The molecule has 1 saturated carbocycles. The predicted octanol–water partition coefficient (Wildman–Crippen LogP) is 2.43. The van der Waals surface area contributed by atoms with Gasteiger partial charge in [0.2, 0.25) is 11.8 Å². The Morgan fingerprint density at radius 3 is 2.52 bits per heavy atom. The van der Waals surface area contributed by atoms with Crippen molar-refractivity contribution in [1.29, 1.82) is 0 Å². The topological polar surface area (TPSA) is 99.2 Å². The third kappa shape index (κ3) is 4.30. The maximum absolute atomic E-state index is 13.6.